The number of halogens is 1. The monoisotopic (exact) mass is 378 g/mol. The van der Waals surface area contributed by atoms with E-state index in [9.17, 15) is 4.79 Å². The van der Waals surface area contributed by atoms with E-state index in [-0.39, 0.29) is 12.5 Å². The van der Waals surface area contributed by atoms with Crippen LogP contribution < -0.4 is 20.5 Å². The summed E-state index contributed by atoms with van der Waals surface area (Å²) in [4.78, 5) is 12.1. The molecule has 0 radical (unpaired) electrons. The molecule has 0 aliphatic carbocycles. The van der Waals surface area contributed by atoms with Gasteiger partial charge in [0, 0.05) is 11.8 Å². The highest BCUT2D eigenvalue weighted by atomic mass is 79.9. The number of rotatable bonds is 5. The molecule has 3 N–H and O–H groups in total. The summed E-state index contributed by atoms with van der Waals surface area (Å²) in [5.41, 5.74) is 8.90. The van der Waals surface area contributed by atoms with E-state index in [1.165, 1.54) is 7.11 Å². The number of anilines is 2. The average molecular weight is 379 g/mol. The van der Waals surface area contributed by atoms with Gasteiger partial charge in [0.2, 0.25) is 0 Å². The van der Waals surface area contributed by atoms with Crippen molar-refractivity contribution in [2.24, 2.45) is 0 Å². The molecule has 0 spiro atoms. The van der Waals surface area contributed by atoms with Crippen LogP contribution in [0.4, 0.5) is 11.4 Å². The summed E-state index contributed by atoms with van der Waals surface area (Å²) in [5, 5.41) is 2.75. The number of amides is 1. The zero-order valence-corrected chi connectivity index (χ0v) is 14.9. The molecule has 2 rings (SSSR count). The van der Waals surface area contributed by atoms with Crippen LogP contribution in [-0.4, -0.2) is 19.6 Å². The molecule has 0 fully saturated rings. The molecule has 1 amide bonds. The van der Waals surface area contributed by atoms with Gasteiger partial charge in [0.05, 0.1) is 17.3 Å². The normalized spacial score (nSPS) is 10.3. The molecule has 0 saturated heterocycles. The number of carbonyl (C=O) groups excluding carboxylic acids is 1. The molecule has 5 nitrogen and oxygen atoms in total. The summed E-state index contributed by atoms with van der Waals surface area (Å²) in [6, 6.07) is 8.99. The summed E-state index contributed by atoms with van der Waals surface area (Å²) in [6.45, 7) is 3.84. The summed E-state index contributed by atoms with van der Waals surface area (Å²) in [7, 11) is 1.52. The predicted octanol–water partition coefficient (Wildman–Crippen LogP) is 3.67. The molecule has 2 aromatic carbocycles. The second-order valence-electron chi connectivity index (χ2n) is 5.19. The molecule has 0 saturated carbocycles. The minimum Gasteiger partial charge on any atom is -0.494 e. The van der Waals surface area contributed by atoms with E-state index in [2.05, 4.69) is 21.2 Å². The number of benzene rings is 2. The van der Waals surface area contributed by atoms with Crippen LogP contribution in [0.2, 0.25) is 0 Å². The Morgan fingerprint density at radius 1 is 1.26 bits per heavy atom. The highest BCUT2D eigenvalue weighted by Gasteiger charge is 2.11. The Balaban J connectivity index is 2.04. The molecule has 0 aromatic heterocycles. The van der Waals surface area contributed by atoms with Gasteiger partial charge in [0.1, 0.15) is 11.5 Å². The van der Waals surface area contributed by atoms with Crippen molar-refractivity contribution in [3.8, 4) is 11.5 Å². The number of ether oxygens (including phenoxy) is 2. The topological polar surface area (TPSA) is 73.6 Å². The summed E-state index contributed by atoms with van der Waals surface area (Å²) < 4.78 is 11.7. The van der Waals surface area contributed by atoms with Gasteiger partial charge >= 0.3 is 0 Å². The standard InChI is InChI=1S/C17H19BrN2O3/c1-10-6-11(2)17(13(18)7-10)23-9-16(21)20-14-5-4-12(19)8-15(14)22-3/h4-8H,9,19H2,1-3H3,(H,20,21). The van der Waals surface area contributed by atoms with Gasteiger partial charge in [-0.15, -0.1) is 0 Å². The Bertz CT molecular complexity index is 709. The van der Waals surface area contributed by atoms with Gasteiger partial charge in [-0.05, 0) is 59.1 Å². The molecule has 23 heavy (non-hydrogen) atoms. The molecule has 0 atom stereocenters. The Morgan fingerprint density at radius 3 is 2.65 bits per heavy atom. The van der Waals surface area contributed by atoms with Gasteiger partial charge in [-0.3, -0.25) is 4.79 Å². The van der Waals surface area contributed by atoms with Crippen molar-refractivity contribution in [2.75, 3.05) is 24.8 Å². The third-order valence-electron chi connectivity index (χ3n) is 3.22. The van der Waals surface area contributed by atoms with E-state index in [4.69, 9.17) is 15.2 Å². The minimum atomic E-state index is -0.278. The van der Waals surface area contributed by atoms with Gasteiger partial charge in [-0.2, -0.15) is 0 Å². The van der Waals surface area contributed by atoms with Gasteiger partial charge in [0.15, 0.2) is 6.61 Å². The zero-order chi connectivity index (χ0) is 17.0. The van der Waals surface area contributed by atoms with E-state index in [0.717, 1.165) is 15.6 Å². The Morgan fingerprint density at radius 2 is 2.00 bits per heavy atom. The van der Waals surface area contributed by atoms with Gasteiger partial charge < -0.3 is 20.5 Å². The lowest BCUT2D eigenvalue weighted by Gasteiger charge is -2.13. The summed E-state index contributed by atoms with van der Waals surface area (Å²) >= 11 is 3.46. The number of aryl methyl sites for hydroxylation is 2. The molecule has 0 heterocycles. The number of nitrogens with two attached hydrogens (primary N) is 1. The number of nitrogen functional groups attached to an aromatic ring is 1. The van der Waals surface area contributed by atoms with Crippen LogP contribution in [0.3, 0.4) is 0 Å². The van der Waals surface area contributed by atoms with E-state index >= 15 is 0 Å². The van der Waals surface area contributed by atoms with Crippen molar-refractivity contribution in [1.82, 2.24) is 0 Å². The third kappa shape index (κ3) is 4.39. The molecule has 6 heteroatoms. The molecule has 0 aliphatic rings. The molecule has 122 valence electrons. The average Bonchev–Trinajstić information content (AvgIpc) is 2.47. The molecular formula is C17H19BrN2O3. The van der Waals surface area contributed by atoms with Crippen LogP contribution in [0.5, 0.6) is 11.5 Å². The Kier molecular flexibility index (Phi) is 5.50. The van der Waals surface area contributed by atoms with Crippen molar-refractivity contribution >= 4 is 33.2 Å². The first kappa shape index (κ1) is 17.1. The van der Waals surface area contributed by atoms with E-state index in [1.807, 2.05) is 26.0 Å². The number of carbonyl (C=O) groups is 1. The van der Waals surface area contributed by atoms with Crippen LogP contribution in [-0.2, 0) is 4.79 Å². The lowest BCUT2D eigenvalue weighted by molar-refractivity contribution is -0.118. The van der Waals surface area contributed by atoms with Gasteiger partial charge in [0.25, 0.3) is 5.91 Å². The van der Waals surface area contributed by atoms with Crippen LogP contribution >= 0.6 is 15.9 Å². The summed E-state index contributed by atoms with van der Waals surface area (Å²) in [6.07, 6.45) is 0. The zero-order valence-electron chi connectivity index (χ0n) is 13.3. The van der Waals surface area contributed by atoms with Gasteiger partial charge in [-0.1, -0.05) is 6.07 Å². The third-order valence-corrected chi connectivity index (χ3v) is 3.81. The largest absolute Gasteiger partial charge is 0.494 e. The van der Waals surface area contributed by atoms with E-state index in [0.29, 0.717) is 22.9 Å². The van der Waals surface area contributed by atoms with Crippen LogP contribution in [0, 0.1) is 13.8 Å². The highest BCUT2D eigenvalue weighted by Crippen LogP contribution is 2.30. The lowest BCUT2D eigenvalue weighted by Crippen LogP contribution is -2.21. The molecule has 0 bridgehead atoms. The highest BCUT2D eigenvalue weighted by molar-refractivity contribution is 9.10. The fraction of sp³-hybridized carbons (Fsp3) is 0.235. The lowest BCUT2D eigenvalue weighted by atomic mass is 10.1. The second-order valence-corrected chi connectivity index (χ2v) is 6.04. The molecule has 2 aromatic rings. The SMILES string of the molecule is COc1cc(N)ccc1NC(=O)COc1c(C)cc(C)cc1Br. The maximum absolute atomic E-state index is 12.1. The Hall–Kier alpha value is -2.21. The maximum Gasteiger partial charge on any atom is 0.262 e. The van der Waals surface area contributed by atoms with Crippen LogP contribution in [0.15, 0.2) is 34.8 Å². The van der Waals surface area contributed by atoms with Crippen molar-refractivity contribution in [3.05, 3.63) is 45.9 Å². The first-order valence-corrected chi connectivity index (χ1v) is 7.83. The number of nitrogens with one attached hydrogen (secondary N) is 1. The van der Waals surface area contributed by atoms with Crippen molar-refractivity contribution in [1.29, 1.82) is 0 Å². The smallest absolute Gasteiger partial charge is 0.262 e. The predicted molar refractivity (Wildman–Crippen MR) is 95.1 cm³/mol. The minimum absolute atomic E-state index is 0.101. The number of methoxy groups -OCH3 is 1. The molecule has 0 unspecified atom stereocenters. The van der Waals surface area contributed by atoms with E-state index < -0.39 is 0 Å². The fourth-order valence-electron chi connectivity index (χ4n) is 2.22. The van der Waals surface area contributed by atoms with Crippen molar-refractivity contribution in [3.63, 3.8) is 0 Å². The number of hydrogen-bond donors (Lipinski definition) is 2. The Labute approximate surface area is 143 Å². The van der Waals surface area contributed by atoms with E-state index in [1.54, 1.807) is 18.2 Å². The quantitative estimate of drug-likeness (QED) is 0.778. The van der Waals surface area contributed by atoms with Gasteiger partial charge in [-0.25, -0.2) is 0 Å². The first-order chi connectivity index (χ1) is 10.9. The van der Waals surface area contributed by atoms with Crippen LogP contribution in [0.25, 0.3) is 0 Å². The second kappa shape index (κ2) is 7.37. The molecule has 0 aliphatic heterocycles. The number of hydrogen-bond acceptors (Lipinski definition) is 4. The maximum atomic E-state index is 12.1. The van der Waals surface area contributed by atoms with Crippen LogP contribution in [0.1, 0.15) is 11.1 Å². The first-order valence-electron chi connectivity index (χ1n) is 7.03. The molecular weight excluding hydrogens is 360 g/mol. The summed E-state index contributed by atoms with van der Waals surface area (Å²) in [5.74, 6) is 0.890. The fourth-order valence-corrected chi connectivity index (χ4v) is 3.01. The van der Waals surface area contributed by atoms with Crippen molar-refractivity contribution < 1.29 is 14.3 Å². The van der Waals surface area contributed by atoms with Crippen molar-refractivity contribution in [2.45, 2.75) is 13.8 Å².